The van der Waals surface area contributed by atoms with Crippen LogP contribution in [-0.2, 0) is 0 Å². The van der Waals surface area contributed by atoms with Crippen LogP contribution in [-0.4, -0.2) is 23.1 Å². The molecule has 0 fully saturated rings. The molecule has 4 N–H and O–H groups in total. The number of nitrogens with two attached hydrogens (primary N) is 2. The van der Waals surface area contributed by atoms with Gasteiger partial charge in [-0.2, -0.15) is 8.78 Å². The Hall–Kier alpha value is -1.34. The number of hydrogen-bond donors (Lipinski definition) is 2. The Balaban J connectivity index is 2.70. The van der Waals surface area contributed by atoms with Gasteiger partial charge in [0.2, 0.25) is 0 Å². The number of nitrogens with zero attached hydrogens (tertiary/aromatic N) is 2. The van der Waals surface area contributed by atoms with Crippen LogP contribution in [0.4, 0.5) is 8.78 Å². The predicted octanol–water partition coefficient (Wildman–Crippen LogP) is 0.673. The topological polar surface area (TPSA) is 87.1 Å². The van der Waals surface area contributed by atoms with Crippen molar-refractivity contribution in [2.75, 3.05) is 6.54 Å². The van der Waals surface area contributed by atoms with E-state index in [-0.39, 0.29) is 11.7 Å². The highest BCUT2D eigenvalue weighted by atomic mass is 19.3. The second-order valence-electron chi connectivity index (χ2n) is 3.39. The molecule has 0 aliphatic carbocycles. The fourth-order valence-corrected chi connectivity index (χ4v) is 1.06. The standard InChI is InChI=1S/C9H14F2N4O/c1-5(2-12)7(13)8-14-3-6(4-15-8)16-9(10)11/h3-5,7,9H,2,12-13H2,1H3. The first-order chi connectivity index (χ1) is 7.54. The zero-order valence-electron chi connectivity index (χ0n) is 8.81. The van der Waals surface area contributed by atoms with Crippen LogP contribution in [0.5, 0.6) is 5.75 Å². The van der Waals surface area contributed by atoms with Crippen LogP contribution < -0.4 is 16.2 Å². The SMILES string of the molecule is CC(CN)C(N)c1ncc(OC(F)F)cn1. The second kappa shape index (κ2) is 5.66. The summed E-state index contributed by atoms with van der Waals surface area (Å²) in [6.45, 7) is -0.622. The first kappa shape index (κ1) is 12.7. The smallest absolute Gasteiger partial charge is 0.387 e. The fraction of sp³-hybridized carbons (Fsp3) is 0.556. The predicted molar refractivity (Wildman–Crippen MR) is 53.8 cm³/mol. The van der Waals surface area contributed by atoms with E-state index in [1.54, 1.807) is 0 Å². The third-order valence-electron chi connectivity index (χ3n) is 2.16. The summed E-state index contributed by atoms with van der Waals surface area (Å²) in [5.74, 6) is 0.285. The molecule has 1 heterocycles. The quantitative estimate of drug-likeness (QED) is 0.779. The van der Waals surface area contributed by atoms with Crippen LogP contribution in [0.25, 0.3) is 0 Å². The van der Waals surface area contributed by atoms with Crippen LogP contribution >= 0.6 is 0 Å². The van der Waals surface area contributed by atoms with E-state index >= 15 is 0 Å². The van der Waals surface area contributed by atoms with Crippen molar-refractivity contribution >= 4 is 0 Å². The Morgan fingerprint density at radius 3 is 2.38 bits per heavy atom. The van der Waals surface area contributed by atoms with E-state index in [4.69, 9.17) is 11.5 Å². The van der Waals surface area contributed by atoms with Gasteiger partial charge in [-0.25, -0.2) is 9.97 Å². The van der Waals surface area contributed by atoms with Crippen molar-refractivity contribution < 1.29 is 13.5 Å². The van der Waals surface area contributed by atoms with Crippen LogP contribution in [0, 0.1) is 5.92 Å². The molecule has 2 unspecified atom stereocenters. The normalized spacial score (nSPS) is 14.9. The van der Waals surface area contributed by atoms with Crippen molar-refractivity contribution in [2.45, 2.75) is 19.6 Å². The van der Waals surface area contributed by atoms with Gasteiger partial charge in [-0.3, -0.25) is 0 Å². The Bertz CT molecular complexity index is 320. The minimum atomic E-state index is -2.88. The molecule has 1 aromatic rings. The lowest BCUT2D eigenvalue weighted by Gasteiger charge is -2.16. The molecule has 0 aliphatic heterocycles. The van der Waals surface area contributed by atoms with Crippen LogP contribution in [0.3, 0.4) is 0 Å². The number of halogens is 2. The van der Waals surface area contributed by atoms with Crippen molar-refractivity contribution in [2.24, 2.45) is 17.4 Å². The van der Waals surface area contributed by atoms with E-state index in [2.05, 4.69) is 14.7 Å². The molecular weight excluding hydrogens is 218 g/mol. The van der Waals surface area contributed by atoms with Gasteiger partial charge in [-0.15, -0.1) is 0 Å². The molecule has 90 valence electrons. The summed E-state index contributed by atoms with van der Waals surface area (Å²) in [5.41, 5.74) is 11.3. The Labute approximate surface area is 91.8 Å². The molecule has 0 bridgehead atoms. The molecule has 0 spiro atoms. The van der Waals surface area contributed by atoms with E-state index in [1.165, 1.54) is 0 Å². The lowest BCUT2D eigenvalue weighted by Crippen LogP contribution is -2.27. The molecule has 16 heavy (non-hydrogen) atoms. The molecule has 2 atom stereocenters. The molecule has 5 nitrogen and oxygen atoms in total. The van der Waals surface area contributed by atoms with Crippen molar-refractivity contribution in [1.82, 2.24) is 9.97 Å². The van der Waals surface area contributed by atoms with Crippen LogP contribution in [0.1, 0.15) is 18.8 Å². The summed E-state index contributed by atoms with van der Waals surface area (Å²) >= 11 is 0. The zero-order chi connectivity index (χ0) is 12.1. The molecule has 0 aliphatic rings. The fourth-order valence-electron chi connectivity index (χ4n) is 1.06. The van der Waals surface area contributed by atoms with Gasteiger partial charge in [0.25, 0.3) is 0 Å². The first-order valence-electron chi connectivity index (χ1n) is 4.77. The largest absolute Gasteiger partial charge is 0.432 e. The summed E-state index contributed by atoms with van der Waals surface area (Å²) in [4.78, 5) is 7.70. The number of hydrogen-bond acceptors (Lipinski definition) is 5. The summed E-state index contributed by atoms with van der Waals surface area (Å²) < 4.78 is 27.8. The zero-order valence-corrected chi connectivity index (χ0v) is 8.81. The number of ether oxygens (including phenoxy) is 1. The molecule has 0 aromatic carbocycles. The third kappa shape index (κ3) is 3.35. The van der Waals surface area contributed by atoms with E-state index in [0.717, 1.165) is 12.4 Å². The number of alkyl halides is 2. The Kier molecular flexibility index (Phi) is 4.51. The van der Waals surface area contributed by atoms with Crippen molar-refractivity contribution in [3.63, 3.8) is 0 Å². The third-order valence-corrected chi connectivity index (χ3v) is 2.16. The van der Waals surface area contributed by atoms with Gasteiger partial charge in [0, 0.05) is 0 Å². The van der Waals surface area contributed by atoms with Gasteiger partial charge >= 0.3 is 6.61 Å². The highest BCUT2D eigenvalue weighted by Gasteiger charge is 2.16. The minimum absolute atomic E-state index is 0.0156. The van der Waals surface area contributed by atoms with Gasteiger partial charge in [-0.05, 0) is 12.5 Å². The molecule has 7 heteroatoms. The average Bonchev–Trinajstić information content (AvgIpc) is 2.27. The van der Waals surface area contributed by atoms with E-state index < -0.39 is 12.7 Å². The maximum Gasteiger partial charge on any atom is 0.387 e. The second-order valence-corrected chi connectivity index (χ2v) is 3.39. The maximum atomic E-state index is 11.8. The van der Waals surface area contributed by atoms with Gasteiger partial charge in [0.15, 0.2) is 5.75 Å². The number of aromatic nitrogens is 2. The summed E-state index contributed by atoms with van der Waals surface area (Å²) in [7, 11) is 0. The van der Waals surface area contributed by atoms with Gasteiger partial charge < -0.3 is 16.2 Å². The molecule has 0 radical (unpaired) electrons. The van der Waals surface area contributed by atoms with Crippen molar-refractivity contribution in [3.05, 3.63) is 18.2 Å². The van der Waals surface area contributed by atoms with Crippen molar-refractivity contribution in [1.29, 1.82) is 0 Å². The van der Waals surface area contributed by atoms with Gasteiger partial charge in [0.05, 0.1) is 18.4 Å². The summed E-state index contributed by atoms with van der Waals surface area (Å²) in [5, 5.41) is 0. The Morgan fingerprint density at radius 1 is 1.38 bits per heavy atom. The van der Waals surface area contributed by atoms with E-state index in [0.29, 0.717) is 12.4 Å². The maximum absolute atomic E-state index is 11.8. The Morgan fingerprint density at radius 2 is 1.94 bits per heavy atom. The highest BCUT2D eigenvalue weighted by molar-refractivity contribution is 5.13. The average molecular weight is 232 g/mol. The molecular formula is C9H14F2N4O. The number of rotatable bonds is 5. The molecule has 0 amide bonds. The van der Waals surface area contributed by atoms with Crippen LogP contribution in [0.15, 0.2) is 12.4 Å². The molecule has 0 saturated heterocycles. The first-order valence-corrected chi connectivity index (χ1v) is 4.77. The highest BCUT2D eigenvalue weighted by Crippen LogP contribution is 2.16. The lowest BCUT2D eigenvalue weighted by molar-refractivity contribution is -0.0503. The molecule has 1 rings (SSSR count). The molecule has 0 saturated carbocycles. The summed E-state index contributed by atoms with van der Waals surface area (Å²) in [6.07, 6.45) is 2.33. The van der Waals surface area contributed by atoms with E-state index in [9.17, 15) is 8.78 Å². The monoisotopic (exact) mass is 232 g/mol. The lowest BCUT2D eigenvalue weighted by atomic mass is 10.0. The molecule has 1 aromatic heterocycles. The summed E-state index contributed by atoms with van der Waals surface area (Å²) in [6, 6.07) is -0.411. The van der Waals surface area contributed by atoms with Crippen LogP contribution in [0.2, 0.25) is 0 Å². The van der Waals surface area contributed by atoms with Crippen molar-refractivity contribution in [3.8, 4) is 5.75 Å². The van der Waals surface area contributed by atoms with Gasteiger partial charge in [-0.1, -0.05) is 6.92 Å². The minimum Gasteiger partial charge on any atom is -0.432 e. The van der Waals surface area contributed by atoms with E-state index in [1.807, 2.05) is 6.92 Å². The van der Waals surface area contributed by atoms with Gasteiger partial charge in [0.1, 0.15) is 5.82 Å².